The summed E-state index contributed by atoms with van der Waals surface area (Å²) in [4.78, 5) is 0. The summed E-state index contributed by atoms with van der Waals surface area (Å²) in [7, 11) is 0. The first-order chi connectivity index (χ1) is 9.18. The van der Waals surface area contributed by atoms with Gasteiger partial charge in [-0.05, 0) is 25.0 Å². The minimum Gasteiger partial charge on any atom is -0.380 e. The maximum absolute atomic E-state index is 14.1. The molecule has 2 aromatic rings. The van der Waals surface area contributed by atoms with Crippen LogP contribution in [0, 0.1) is 5.82 Å². The molecular weight excluding hydrogens is 267 g/mol. The Morgan fingerprint density at radius 1 is 1.26 bits per heavy atom. The van der Waals surface area contributed by atoms with Crippen LogP contribution in [-0.4, -0.2) is 5.16 Å². The summed E-state index contributed by atoms with van der Waals surface area (Å²) in [6.45, 7) is 0. The lowest BCUT2D eigenvalue weighted by Gasteiger charge is -2.10. The Bertz CT molecular complexity index is 585. The molecule has 19 heavy (non-hydrogen) atoms. The van der Waals surface area contributed by atoms with Crippen molar-refractivity contribution >= 4 is 17.4 Å². The van der Waals surface area contributed by atoms with E-state index in [-0.39, 0.29) is 11.7 Å². The highest BCUT2D eigenvalue weighted by Crippen LogP contribution is 2.44. The molecule has 1 fully saturated rings. The van der Waals surface area contributed by atoms with Crippen LogP contribution in [0.3, 0.4) is 0 Å². The fourth-order valence-electron chi connectivity index (χ4n) is 2.77. The van der Waals surface area contributed by atoms with Crippen LogP contribution in [-0.2, 0) is 0 Å². The third kappa shape index (κ3) is 2.10. The van der Waals surface area contributed by atoms with Gasteiger partial charge < -0.3 is 10.3 Å². The average Bonchev–Trinajstić information content (AvgIpc) is 2.99. The van der Waals surface area contributed by atoms with Crippen LogP contribution in [0.15, 0.2) is 22.7 Å². The van der Waals surface area contributed by atoms with Crippen molar-refractivity contribution in [3.05, 3.63) is 34.8 Å². The van der Waals surface area contributed by atoms with E-state index in [1.807, 2.05) is 0 Å². The molecule has 0 aliphatic heterocycles. The van der Waals surface area contributed by atoms with Crippen molar-refractivity contribution < 1.29 is 8.91 Å². The van der Waals surface area contributed by atoms with E-state index in [2.05, 4.69) is 5.16 Å². The van der Waals surface area contributed by atoms with Gasteiger partial charge in [-0.1, -0.05) is 35.7 Å². The van der Waals surface area contributed by atoms with Crippen molar-refractivity contribution in [2.24, 2.45) is 0 Å². The Morgan fingerprint density at radius 2 is 2.00 bits per heavy atom. The van der Waals surface area contributed by atoms with E-state index >= 15 is 0 Å². The van der Waals surface area contributed by atoms with E-state index in [9.17, 15) is 4.39 Å². The largest absolute Gasteiger partial charge is 0.380 e. The molecule has 1 heterocycles. The number of aromatic nitrogens is 1. The molecule has 0 radical (unpaired) electrons. The molecule has 1 aromatic heterocycles. The van der Waals surface area contributed by atoms with Crippen molar-refractivity contribution in [2.45, 2.75) is 31.6 Å². The molecule has 0 saturated heterocycles. The molecule has 5 heteroatoms. The van der Waals surface area contributed by atoms with Gasteiger partial charge in [0.15, 0.2) is 5.82 Å². The zero-order valence-electron chi connectivity index (χ0n) is 10.3. The zero-order chi connectivity index (χ0) is 13.4. The Labute approximate surface area is 115 Å². The summed E-state index contributed by atoms with van der Waals surface area (Å²) >= 11 is 6.11. The summed E-state index contributed by atoms with van der Waals surface area (Å²) < 4.78 is 19.4. The van der Waals surface area contributed by atoms with Crippen LogP contribution in [0.4, 0.5) is 10.2 Å². The SMILES string of the molecule is Nc1noc(C2CCCC2)c1-c1c(F)cccc1Cl. The number of rotatable bonds is 2. The molecule has 1 aliphatic carbocycles. The number of nitrogen functional groups attached to an aromatic ring is 1. The van der Waals surface area contributed by atoms with Crippen LogP contribution in [0.1, 0.15) is 37.4 Å². The molecule has 1 saturated carbocycles. The Morgan fingerprint density at radius 3 is 2.68 bits per heavy atom. The lowest BCUT2D eigenvalue weighted by Crippen LogP contribution is -1.97. The summed E-state index contributed by atoms with van der Waals surface area (Å²) in [6.07, 6.45) is 4.34. The summed E-state index contributed by atoms with van der Waals surface area (Å²) in [5, 5.41) is 4.13. The van der Waals surface area contributed by atoms with Crippen molar-refractivity contribution in [3.8, 4) is 11.1 Å². The lowest BCUT2D eigenvalue weighted by atomic mass is 9.96. The molecule has 3 nitrogen and oxygen atoms in total. The summed E-state index contributed by atoms with van der Waals surface area (Å²) in [5.74, 6) is 0.730. The molecular formula is C14H14ClFN2O. The molecule has 3 rings (SSSR count). The predicted molar refractivity (Wildman–Crippen MR) is 72.5 cm³/mol. The first-order valence-electron chi connectivity index (χ1n) is 6.38. The van der Waals surface area contributed by atoms with Gasteiger partial charge in [0.2, 0.25) is 0 Å². The Balaban J connectivity index is 2.16. The van der Waals surface area contributed by atoms with E-state index in [1.54, 1.807) is 12.1 Å². The maximum atomic E-state index is 14.1. The van der Waals surface area contributed by atoms with Crippen LogP contribution >= 0.6 is 11.6 Å². The fourth-order valence-corrected chi connectivity index (χ4v) is 3.03. The molecule has 1 aromatic carbocycles. The first-order valence-corrected chi connectivity index (χ1v) is 6.75. The van der Waals surface area contributed by atoms with E-state index in [0.717, 1.165) is 25.7 Å². The number of hydrogen-bond donors (Lipinski definition) is 1. The number of anilines is 1. The normalized spacial score (nSPS) is 16.1. The van der Waals surface area contributed by atoms with Crippen LogP contribution < -0.4 is 5.73 Å². The Kier molecular flexibility index (Phi) is 3.19. The molecule has 0 atom stereocenters. The van der Waals surface area contributed by atoms with Crippen molar-refractivity contribution in [1.29, 1.82) is 0 Å². The standard InChI is InChI=1S/C14H14ClFN2O/c15-9-6-3-7-10(16)11(9)12-13(19-18-14(12)17)8-4-1-2-5-8/h3,6-8H,1-2,4-5H2,(H2,17,18). The quantitative estimate of drug-likeness (QED) is 0.888. The molecule has 0 amide bonds. The summed E-state index contributed by atoms with van der Waals surface area (Å²) in [6, 6.07) is 4.58. The number of hydrogen-bond acceptors (Lipinski definition) is 3. The second-order valence-corrected chi connectivity index (χ2v) is 5.29. The van der Waals surface area contributed by atoms with Crippen molar-refractivity contribution in [3.63, 3.8) is 0 Å². The van der Waals surface area contributed by atoms with Gasteiger partial charge in [0, 0.05) is 11.5 Å². The molecule has 0 spiro atoms. The van der Waals surface area contributed by atoms with Crippen LogP contribution in [0.2, 0.25) is 5.02 Å². The minimum absolute atomic E-state index is 0.203. The smallest absolute Gasteiger partial charge is 0.175 e. The van der Waals surface area contributed by atoms with Gasteiger partial charge in [-0.3, -0.25) is 0 Å². The molecule has 0 unspecified atom stereocenters. The molecule has 2 N–H and O–H groups in total. The molecule has 0 bridgehead atoms. The second-order valence-electron chi connectivity index (χ2n) is 4.89. The number of halogens is 2. The Hall–Kier alpha value is -1.55. The lowest BCUT2D eigenvalue weighted by molar-refractivity contribution is 0.363. The second kappa shape index (κ2) is 4.85. The third-order valence-corrected chi connectivity index (χ3v) is 4.00. The summed E-state index contributed by atoms with van der Waals surface area (Å²) in [5.41, 5.74) is 6.67. The van der Waals surface area contributed by atoms with Gasteiger partial charge in [0.25, 0.3) is 0 Å². The van der Waals surface area contributed by atoms with Gasteiger partial charge in [0.05, 0.1) is 10.6 Å². The molecule has 1 aliphatic rings. The van der Waals surface area contributed by atoms with Gasteiger partial charge in [0.1, 0.15) is 11.6 Å². The predicted octanol–water partition coefficient (Wildman–Crippen LogP) is 4.37. The van der Waals surface area contributed by atoms with Gasteiger partial charge in [-0.15, -0.1) is 0 Å². The van der Waals surface area contributed by atoms with E-state index in [1.165, 1.54) is 6.07 Å². The fraction of sp³-hybridized carbons (Fsp3) is 0.357. The number of benzene rings is 1. The van der Waals surface area contributed by atoms with E-state index in [0.29, 0.717) is 21.9 Å². The highest BCUT2D eigenvalue weighted by Gasteiger charge is 2.29. The van der Waals surface area contributed by atoms with E-state index in [4.69, 9.17) is 21.9 Å². The third-order valence-electron chi connectivity index (χ3n) is 3.68. The monoisotopic (exact) mass is 280 g/mol. The highest BCUT2D eigenvalue weighted by molar-refractivity contribution is 6.33. The van der Waals surface area contributed by atoms with Crippen molar-refractivity contribution in [2.75, 3.05) is 5.73 Å². The highest BCUT2D eigenvalue weighted by atomic mass is 35.5. The van der Waals surface area contributed by atoms with Gasteiger partial charge >= 0.3 is 0 Å². The van der Waals surface area contributed by atoms with Crippen LogP contribution in [0.5, 0.6) is 0 Å². The zero-order valence-corrected chi connectivity index (χ0v) is 11.1. The number of nitrogens with two attached hydrogens (primary N) is 1. The first kappa shape index (κ1) is 12.5. The topological polar surface area (TPSA) is 52.0 Å². The van der Waals surface area contributed by atoms with E-state index < -0.39 is 5.82 Å². The molecule has 100 valence electrons. The van der Waals surface area contributed by atoms with Gasteiger partial charge in [-0.2, -0.15) is 0 Å². The van der Waals surface area contributed by atoms with Crippen LogP contribution in [0.25, 0.3) is 11.1 Å². The van der Waals surface area contributed by atoms with Gasteiger partial charge in [-0.25, -0.2) is 4.39 Å². The number of nitrogens with zero attached hydrogens (tertiary/aromatic N) is 1. The maximum Gasteiger partial charge on any atom is 0.175 e. The minimum atomic E-state index is -0.401. The van der Waals surface area contributed by atoms with Crippen molar-refractivity contribution in [1.82, 2.24) is 5.16 Å². The average molecular weight is 281 g/mol.